The summed E-state index contributed by atoms with van der Waals surface area (Å²) in [5, 5.41) is -6.60. The highest BCUT2D eigenvalue weighted by Gasteiger charge is 2.66. The Hall–Kier alpha value is -1.33. The van der Waals surface area contributed by atoms with Crippen molar-refractivity contribution in [3.63, 3.8) is 0 Å². The molecular weight excluding hydrogens is 611 g/mol. The van der Waals surface area contributed by atoms with E-state index in [1.54, 1.807) is 18.2 Å². The Morgan fingerprint density at radius 2 is 2.00 bits per heavy atom. The lowest BCUT2D eigenvalue weighted by molar-refractivity contribution is -0.180. The second-order valence-electron chi connectivity index (χ2n) is 7.77. The van der Waals surface area contributed by atoms with Crippen LogP contribution in [0.3, 0.4) is 0 Å². The molecule has 0 saturated carbocycles. The summed E-state index contributed by atoms with van der Waals surface area (Å²) in [7, 11) is -6.36. The summed E-state index contributed by atoms with van der Waals surface area (Å²) in [6, 6.07) is 5.02. The topological polar surface area (TPSA) is 116 Å². The van der Waals surface area contributed by atoms with Crippen LogP contribution in [0, 0.1) is 9.49 Å². The summed E-state index contributed by atoms with van der Waals surface area (Å²) in [6.45, 7) is -1.18. The molecule has 1 aromatic carbocycles. The first-order valence-corrected chi connectivity index (χ1v) is 12.9. The van der Waals surface area contributed by atoms with Gasteiger partial charge in [0.25, 0.3) is 5.79 Å². The fraction of sp³-hybridized carbons (Fsp3) is 0.556. The number of carbonyl (C=O) groups is 2. The quantitative estimate of drug-likeness (QED) is 0.219. The van der Waals surface area contributed by atoms with Gasteiger partial charge in [0, 0.05) is 15.2 Å². The average molecular weight is 626 g/mol. The zero-order chi connectivity index (χ0) is 24.4. The first-order valence-electron chi connectivity index (χ1n) is 9.43. The summed E-state index contributed by atoms with van der Waals surface area (Å²) < 4.78 is 100.0. The number of halogens is 5. The molecular formula is C18H15F4IO8S2. The van der Waals surface area contributed by atoms with Crippen molar-refractivity contribution in [3.05, 3.63) is 27.3 Å². The van der Waals surface area contributed by atoms with Gasteiger partial charge in [0.1, 0.15) is 11.3 Å². The van der Waals surface area contributed by atoms with Crippen LogP contribution < -0.4 is 4.74 Å². The lowest BCUT2D eigenvalue weighted by Crippen LogP contribution is -2.53. The van der Waals surface area contributed by atoms with Gasteiger partial charge in [0.2, 0.25) is 0 Å². The van der Waals surface area contributed by atoms with E-state index in [1.807, 2.05) is 22.6 Å². The van der Waals surface area contributed by atoms with Crippen molar-refractivity contribution in [3.8, 4) is 5.75 Å². The monoisotopic (exact) mass is 626 g/mol. The molecule has 182 valence electrons. The molecule has 3 aliphatic heterocycles. The molecule has 2 bridgehead atoms. The van der Waals surface area contributed by atoms with Crippen LogP contribution in [0.5, 0.6) is 5.75 Å². The zero-order valence-corrected chi connectivity index (χ0v) is 20.1. The normalized spacial score (nSPS) is 28.9. The summed E-state index contributed by atoms with van der Waals surface area (Å²) >= 11 is 3.35. The van der Waals surface area contributed by atoms with E-state index < -0.39 is 68.5 Å². The minimum absolute atomic E-state index is 0.135. The van der Waals surface area contributed by atoms with Crippen molar-refractivity contribution >= 4 is 56.4 Å². The van der Waals surface area contributed by atoms with Crippen LogP contribution in [-0.2, 0) is 24.4 Å². The highest BCUT2D eigenvalue weighted by Crippen LogP contribution is 2.58. The van der Waals surface area contributed by atoms with Crippen molar-refractivity contribution < 1.29 is 54.3 Å². The highest BCUT2D eigenvalue weighted by molar-refractivity contribution is 14.1. The Morgan fingerprint density at radius 1 is 1.30 bits per heavy atom. The molecule has 4 unspecified atom stereocenters. The van der Waals surface area contributed by atoms with E-state index in [9.17, 15) is 35.6 Å². The van der Waals surface area contributed by atoms with Gasteiger partial charge in [-0.15, -0.1) is 11.8 Å². The fourth-order valence-electron chi connectivity index (χ4n) is 3.98. The number of hydrogen-bond donors (Lipinski definition) is 1. The Morgan fingerprint density at radius 3 is 2.61 bits per heavy atom. The number of esters is 2. The lowest BCUT2D eigenvalue weighted by atomic mass is 9.84. The van der Waals surface area contributed by atoms with Crippen LogP contribution in [0.15, 0.2) is 18.2 Å². The maximum Gasteiger partial charge on any atom is 0.431 e. The maximum absolute atomic E-state index is 13.5. The molecule has 1 N–H and O–H groups in total. The minimum Gasteiger partial charge on any atom is -0.465 e. The molecule has 3 aliphatic rings. The SMILES string of the molecule is O=C1OC2(CC3SC2CC3C(=O)OCCC(F)(F)C(F)(F)S(=O)(=O)O)Oc2ccc(I)cc21. The summed E-state index contributed by atoms with van der Waals surface area (Å²) in [4.78, 5) is 24.8. The summed E-state index contributed by atoms with van der Waals surface area (Å²) in [5.74, 6) is -8.35. The lowest BCUT2D eigenvalue weighted by Gasteiger charge is -2.40. The smallest absolute Gasteiger partial charge is 0.431 e. The number of hydrogen-bond acceptors (Lipinski definition) is 8. The predicted octanol–water partition coefficient (Wildman–Crippen LogP) is 3.48. The highest BCUT2D eigenvalue weighted by atomic mass is 127. The van der Waals surface area contributed by atoms with E-state index in [0.29, 0.717) is 5.75 Å². The number of rotatable bonds is 6. The second-order valence-corrected chi connectivity index (χ2v) is 11.9. The fourth-order valence-corrected chi connectivity index (χ4v) is 6.83. The molecule has 1 spiro atoms. The Bertz CT molecular complexity index is 1110. The van der Waals surface area contributed by atoms with Crippen molar-refractivity contribution in [1.29, 1.82) is 0 Å². The van der Waals surface area contributed by atoms with E-state index >= 15 is 0 Å². The third kappa shape index (κ3) is 4.18. The molecule has 0 amide bonds. The molecule has 0 aliphatic carbocycles. The van der Waals surface area contributed by atoms with E-state index in [2.05, 4.69) is 0 Å². The number of thioether (sulfide) groups is 1. The number of fused-ring (bicyclic) bond motifs is 4. The van der Waals surface area contributed by atoms with Crippen LogP contribution in [0.2, 0.25) is 0 Å². The molecule has 8 nitrogen and oxygen atoms in total. The Kier molecular flexibility index (Phi) is 6.10. The largest absolute Gasteiger partial charge is 0.465 e. The molecule has 1 aromatic rings. The van der Waals surface area contributed by atoms with Gasteiger partial charge in [0.05, 0.1) is 24.2 Å². The van der Waals surface area contributed by atoms with Gasteiger partial charge < -0.3 is 14.2 Å². The molecule has 0 aromatic heterocycles. The van der Waals surface area contributed by atoms with E-state index in [0.717, 1.165) is 3.57 Å². The Balaban J connectivity index is 1.36. The van der Waals surface area contributed by atoms with Crippen LogP contribution in [0.25, 0.3) is 0 Å². The molecule has 15 heteroatoms. The summed E-state index contributed by atoms with van der Waals surface area (Å²) in [6.07, 6.45) is -1.53. The molecule has 2 fully saturated rings. The molecule has 0 radical (unpaired) electrons. The van der Waals surface area contributed by atoms with Crippen molar-refractivity contribution in [2.24, 2.45) is 5.92 Å². The van der Waals surface area contributed by atoms with E-state index in [-0.39, 0.29) is 18.4 Å². The maximum atomic E-state index is 13.5. The molecule has 4 atom stereocenters. The van der Waals surface area contributed by atoms with Gasteiger partial charge in [-0.2, -0.15) is 26.0 Å². The number of ether oxygens (including phenoxy) is 3. The van der Waals surface area contributed by atoms with Crippen LogP contribution in [0.1, 0.15) is 29.6 Å². The Labute approximate surface area is 202 Å². The zero-order valence-electron chi connectivity index (χ0n) is 16.3. The average Bonchev–Trinajstić information content (AvgIpc) is 3.25. The number of carbonyl (C=O) groups excluding carboxylic acids is 2. The van der Waals surface area contributed by atoms with Gasteiger partial charge in [-0.05, 0) is 47.2 Å². The van der Waals surface area contributed by atoms with Crippen LogP contribution >= 0.6 is 34.4 Å². The second kappa shape index (κ2) is 8.12. The van der Waals surface area contributed by atoms with Gasteiger partial charge >= 0.3 is 33.2 Å². The van der Waals surface area contributed by atoms with Gasteiger partial charge in [-0.1, -0.05) is 0 Å². The first kappa shape index (κ1) is 24.8. The van der Waals surface area contributed by atoms with Crippen LogP contribution in [-0.4, -0.2) is 59.0 Å². The third-order valence-electron chi connectivity index (χ3n) is 5.65. The van der Waals surface area contributed by atoms with E-state index in [4.69, 9.17) is 18.8 Å². The standard InChI is InChI=1S/C18H15F4IO8S2/c19-17(20,18(21,22)33(26,27)28)3-4-29-14(24)10-6-13-16(7-12(10)32-13)30-11-2-1-8(23)5-9(11)15(25)31-16/h1-2,5,10,12-13H,3-4,6-7H2,(H,26,27,28). The predicted molar refractivity (Wildman–Crippen MR) is 113 cm³/mol. The van der Waals surface area contributed by atoms with Gasteiger partial charge in [-0.3, -0.25) is 9.35 Å². The van der Waals surface area contributed by atoms with Crippen molar-refractivity contribution in [1.82, 2.24) is 0 Å². The van der Waals surface area contributed by atoms with Crippen LogP contribution in [0.4, 0.5) is 17.6 Å². The summed E-state index contributed by atoms with van der Waals surface area (Å²) in [5.41, 5.74) is 0.277. The van der Waals surface area contributed by atoms with Gasteiger partial charge in [0.15, 0.2) is 0 Å². The number of alkyl halides is 4. The number of benzene rings is 1. The molecule has 3 heterocycles. The minimum atomic E-state index is -6.36. The van der Waals surface area contributed by atoms with Gasteiger partial charge in [-0.25, -0.2) is 4.79 Å². The van der Waals surface area contributed by atoms with E-state index in [1.165, 1.54) is 11.8 Å². The van der Waals surface area contributed by atoms with Crippen molar-refractivity contribution in [2.45, 2.75) is 46.7 Å². The molecule has 4 rings (SSSR count). The molecule has 2 saturated heterocycles. The van der Waals surface area contributed by atoms with Crippen molar-refractivity contribution in [2.75, 3.05) is 6.61 Å². The third-order valence-corrected chi connectivity index (χ3v) is 9.00. The first-order chi connectivity index (χ1) is 15.2. The molecule has 33 heavy (non-hydrogen) atoms.